The molecule has 0 saturated carbocycles. The summed E-state index contributed by atoms with van der Waals surface area (Å²) in [6.45, 7) is 3.80. The Morgan fingerprint density at radius 2 is 1.56 bits per heavy atom. The number of ether oxygens (including phenoxy) is 1. The SMILES string of the molecule is Cc1cccc(C)c1NCC(=O)NNC(=O)COc1ccc(Br)cc1. The summed E-state index contributed by atoms with van der Waals surface area (Å²) in [5, 5.41) is 3.07. The van der Waals surface area contributed by atoms with Gasteiger partial charge in [-0.2, -0.15) is 0 Å². The smallest absolute Gasteiger partial charge is 0.276 e. The van der Waals surface area contributed by atoms with Crippen LogP contribution in [-0.2, 0) is 9.59 Å². The Morgan fingerprint density at radius 1 is 0.960 bits per heavy atom. The first-order valence-corrected chi connectivity index (χ1v) is 8.51. The highest BCUT2D eigenvalue weighted by Gasteiger charge is 2.07. The van der Waals surface area contributed by atoms with Gasteiger partial charge in [0.05, 0.1) is 6.54 Å². The third-order valence-electron chi connectivity index (χ3n) is 3.43. The van der Waals surface area contributed by atoms with Crippen LogP contribution in [0.5, 0.6) is 5.75 Å². The zero-order chi connectivity index (χ0) is 18.2. The van der Waals surface area contributed by atoms with Crippen molar-refractivity contribution in [3.8, 4) is 5.75 Å². The van der Waals surface area contributed by atoms with Crippen molar-refractivity contribution in [1.82, 2.24) is 10.9 Å². The minimum absolute atomic E-state index is 0.0551. The van der Waals surface area contributed by atoms with Crippen LogP contribution >= 0.6 is 15.9 Å². The molecule has 0 fully saturated rings. The van der Waals surface area contributed by atoms with Gasteiger partial charge in [-0.1, -0.05) is 34.1 Å². The average Bonchev–Trinajstić information content (AvgIpc) is 2.59. The van der Waals surface area contributed by atoms with Crippen LogP contribution < -0.4 is 20.9 Å². The van der Waals surface area contributed by atoms with Crippen molar-refractivity contribution in [2.45, 2.75) is 13.8 Å². The molecule has 0 aliphatic heterocycles. The molecule has 2 amide bonds. The van der Waals surface area contributed by atoms with Gasteiger partial charge < -0.3 is 10.1 Å². The van der Waals surface area contributed by atoms with E-state index in [-0.39, 0.29) is 19.1 Å². The van der Waals surface area contributed by atoms with Crippen LogP contribution in [0.15, 0.2) is 46.9 Å². The average molecular weight is 406 g/mol. The van der Waals surface area contributed by atoms with Crippen molar-refractivity contribution >= 4 is 33.4 Å². The summed E-state index contributed by atoms with van der Waals surface area (Å²) in [6.07, 6.45) is 0. The molecule has 7 heteroatoms. The van der Waals surface area contributed by atoms with Crippen LogP contribution in [0.3, 0.4) is 0 Å². The second-order valence-electron chi connectivity index (χ2n) is 5.46. The molecule has 6 nitrogen and oxygen atoms in total. The number of carbonyl (C=O) groups excluding carboxylic acids is 2. The Bertz CT molecular complexity index is 727. The fraction of sp³-hybridized carbons (Fsp3) is 0.222. The monoisotopic (exact) mass is 405 g/mol. The van der Waals surface area contributed by atoms with E-state index in [4.69, 9.17) is 4.74 Å². The molecule has 0 radical (unpaired) electrons. The number of nitrogens with one attached hydrogen (secondary N) is 3. The molecule has 2 aromatic rings. The van der Waals surface area contributed by atoms with E-state index in [0.717, 1.165) is 21.3 Å². The number of para-hydroxylation sites is 1. The minimum Gasteiger partial charge on any atom is -0.484 e. The third kappa shape index (κ3) is 6.11. The quantitative estimate of drug-likeness (QED) is 0.645. The third-order valence-corrected chi connectivity index (χ3v) is 3.96. The number of hydrogen-bond donors (Lipinski definition) is 3. The van der Waals surface area contributed by atoms with Crippen molar-refractivity contribution < 1.29 is 14.3 Å². The summed E-state index contributed by atoms with van der Waals surface area (Å²) in [5.41, 5.74) is 7.69. The van der Waals surface area contributed by atoms with Crippen LogP contribution in [0, 0.1) is 13.8 Å². The molecule has 0 saturated heterocycles. The normalized spacial score (nSPS) is 10.0. The van der Waals surface area contributed by atoms with E-state index in [1.165, 1.54) is 0 Å². The van der Waals surface area contributed by atoms with Crippen molar-refractivity contribution in [1.29, 1.82) is 0 Å². The van der Waals surface area contributed by atoms with E-state index in [0.29, 0.717) is 5.75 Å². The van der Waals surface area contributed by atoms with Gasteiger partial charge in [0.25, 0.3) is 11.8 Å². The molecule has 0 atom stereocenters. The molecule has 0 aliphatic rings. The molecule has 25 heavy (non-hydrogen) atoms. The minimum atomic E-state index is -0.441. The predicted octanol–water partition coefficient (Wildman–Crippen LogP) is 2.70. The zero-order valence-electron chi connectivity index (χ0n) is 14.1. The van der Waals surface area contributed by atoms with Gasteiger partial charge in [-0.3, -0.25) is 20.4 Å². The van der Waals surface area contributed by atoms with Gasteiger partial charge in [0.2, 0.25) is 0 Å². The Kier molecular flexibility index (Phi) is 6.82. The maximum atomic E-state index is 11.8. The number of amides is 2. The van der Waals surface area contributed by atoms with Gasteiger partial charge in [0.15, 0.2) is 6.61 Å². The summed E-state index contributed by atoms with van der Waals surface area (Å²) in [7, 11) is 0. The van der Waals surface area contributed by atoms with Gasteiger partial charge in [0, 0.05) is 10.2 Å². The highest BCUT2D eigenvalue weighted by molar-refractivity contribution is 9.10. The van der Waals surface area contributed by atoms with E-state index in [9.17, 15) is 9.59 Å². The highest BCUT2D eigenvalue weighted by Crippen LogP contribution is 2.18. The molecule has 0 unspecified atom stereocenters. The first kappa shape index (κ1) is 18.8. The first-order valence-electron chi connectivity index (χ1n) is 7.72. The van der Waals surface area contributed by atoms with Crippen molar-refractivity contribution in [3.63, 3.8) is 0 Å². The maximum Gasteiger partial charge on any atom is 0.276 e. The van der Waals surface area contributed by atoms with Crippen LogP contribution in [-0.4, -0.2) is 25.0 Å². The molecule has 0 spiro atoms. The number of carbonyl (C=O) groups is 2. The molecule has 0 aliphatic carbocycles. The van der Waals surface area contributed by atoms with Gasteiger partial charge in [-0.15, -0.1) is 0 Å². The van der Waals surface area contributed by atoms with Crippen molar-refractivity contribution in [2.75, 3.05) is 18.5 Å². The Hall–Kier alpha value is -2.54. The molecular weight excluding hydrogens is 386 g/mol. The number of rotatable bonds is 6. The van der Waals surface area contributed by atoms with Gasteiger partial charge in [-0.25, -0.2) is 0 Å². The first-order chi connectivity index (χ1) is 12.0. The number of hydrazine groups is 1. The van der Waals surface area contributed by atoms with Crippen LogP contribution in [0.4, 0.5) is 5.69 Å². The number of benzene rings is 2. The van der Waals surface area contributed by atoms with Crippen LogP contribution in [0.1, 0.15) is 11.1 Å². The molecule has 2 aromatic carbocycles. The van der Waals surface area contributed by atoms with Gasteiger partial charge >= 0.3 is 0 Å². The number of anilines is 1. The number of aryl methyl sites for hydroxylation is 2. The summed E-state index contributed by atoms with van der Waals surface area (Å²) >= 11 is 3.32. The van der Waals surface area contributed by atoms with E-state index in [2.05, 4.69) is 32.1 Å². The Balaban J connectivity index is 1.70. The lowest BCUT2D eigenvalue weighted by molar-refractivity contribution is -0.129. The standard InChI is InChI=1S/C18H20BrN3O3/c1-12-4-3-5-13(2)18(12)20-10-16(23)21-22-17(24)11-25-15-8-6-14(19)7-9-15/h3-9,20H,10-11H2,1-2H3,(H,21,23)(H,22,24). The van der Waals surface area contributed by atoms with Crippen molar-refractivity contribution in [2.24, 2.45) is 0 Å². The van der Waals surface area contributed by atoms with Crippen molar-refractivity contribution in [3.05, 3.63) is 58.1 Å². The van der Waals surface area contributed by atoms with E-state index in [1.54, 1.807) is 12.1 Å². The molecule has 0 aromatic heterocycles. The molecular formula is C18H20BrN3O3. The summed E-state index contributed by atoms with van der Waals surface area (Å²) in [6, 6.07) is 13.0. The zero-order valence-corrected chi connectivity index (χ0v) is 15.6. The summed E-state index contributed by atoms with van der Waals surface area (Å²) in [5.74, 6) is -0.218. The lowest BCUT2D eigenvalue weighted by Crippen LogP contribution is -2.46. The molecule has 0 heterocycles. The second-order valence-corrected chi connectivity index (χ2v) is 6.37. The summed E-state index contributed by atoms with van der Waals surface area (Å²) in [4.78, 5) is 23.5. The fourth-order valence-electron chi connectivity index (χ4n) is 2.16. The lowest BCUT2D eigenvalue weighted by atomic mass is 10.1. The Morgan fingerprint density at radius 3 is 2.20 bits per heavy atom. The molecule has 132 valence electrons. The lowest BCUT2D eigenvalue weighted by Gasteiger charge is -2.13. The van der Waals surface area contributed by atoms with Gasteiger partial charge in [-0.05, 0) is 49.2 Å². The Labute approximate surface area is 155 Å². The maximum absolute atomic E-state index is 11.8. The second kappa shape index (κ2) is 9.08. The van der Waals surface area contributed by atoms with E-state index in [1.807, 2.05) is 44.2 Å². The fourth-order valence-corrected chi connectivity index (χ4v) is 2.43. The molecule has 2 rings (SSSR count). The van der Waals surface area contributed by atoms with E-state index >= 15 is 0 Å². The molecule has 3 N–H and O–H groups in total. The van der Waals surface area contributed by atoms with Crippen LogP contribution in [0.2, 0.25) is 0 Å². The topological polar surface area (TPSA) is 79.5 Å². The molecule has 0 bridgehead atoms. The number of halogens is 1. The van der Waals surface area contributed by atoms with E-state index < -0.39 is 5.91 Å². The summed E-state index contributed by atoms with van der Waals surface area (Å²) < 4.78 is 6.24. The van der Waals surface area contributed by atoms with Crippen LogP contribution in [0.25, 0.3) is 0 Å². The number of hydrogen-bond acceptors (Lipinski definition) is 4. The largest absolute Gasteiger partial charge is 0.484 e. The predicted molar refractivity (Wildman–Crippen MR) is 100 cm³/mol. The highest BCUT2D eigenvalue weighted by atomic mass is 79.9. The van der Waals surface area contributed by atoms with Gasteiger partial charge in [0.1, 0.15) is 5.75 Å².